The minimum atomic E-state index is -0.284. The first kappa shape index (κ1) is 12.8. The molecule has 0 N–H and O–H groups in total. The van der Waals surface area contributed by atoms with Crippen LogP contribution in [-0.2, 0) is 5.41 Å². The molecule has 2 fully saturated rings. The Labute approximate surface area is 133 Å². The SMILES string of the molecule is N#CC1(c2ccc3cnn(-c4cc(C5CC5)ncn4)c3c2)CC1. The Kier molecular flexibility index (Phi) is 2.44. The summed E-state index contributed by atoms with van der Waals surface area (Å²) in [6.45, 7) is 0. The Morgan fingerprint density at radius 3 is 2.78 bits per heavy atom. The average molecular weight is 301 g/mol. The molecule has 0 atom stereocenters. The van der Waals surface area contributed by atoms with Gasteiger partial charge in [-0.05, 0) is 37.3 Å². The van der Waals surface area contributed by atoms with Gasteiger partial charge in [0.25, 0.3) is 0 Å². The molecule has 2 aliphatic rings. The van der Waals surface area contributed by atoms with Gasteiger partial charge in [0.15, 0.2) is 5.82 Å². The maximum absolute atomic E-state index is 9.43. The summed E-state index contributed by atoms with van der Waals surface area (Å²) in [4.78, 5) is 8.77. The highest BCUT2D eigenvalue weighted by Gasteiger charge is 2.45. The van der Waals surface area contributed by atoms with E-state index in [0.717, 1.165) is 40.8 Å². The zero-order valence-corrected chi connectivity index (χ0v) is 12.6. The highest BCUT2D eigenvalue weighted by atomic mass is 15.3. The van der Waals surface area contributed by atoms with E-state index in [1.54, 1.807) is 6.33 Å². The van der Waals surface area contributed by atoms with Crippen LogP contribution in [0.1, 0.15) is 42.9 Å². The predicted molar refractivity (Wildman–Crippen MR) is 85.2 cm³/mol. The van der Waals surface area contributed by atoms with Gasteiger partial charge in [0.05, 0.1) is 23.2 Å². The highest BCUT2D eigenvalue weighted by molar-refractivity contribution is 5.81. The standard InChI is InChI=1S/C18H15N5/c19-10-18(5-6-18)14-4-3-13-9-22-23(16(13)7-14)17-8-15(12-1-2-12)20-11-21-17/h3-4,7-9,11-12H,1-2,5-6H2. The van der Waals surface area contributed by atoms with Crippen molar-refractivity contribution in [3.8, 4) is 11.9 Å². The molecule has 0 amide bonds. The zero-order valence-electron chi connectivity index (χ0n) is 12.6. The number of nitriles is 1. The van der Waals surface area contributed by atoms with Crippen LogP contribution in [0.3, 0.4) is 0 Å². The van der Waals surface area contributed by atoms with Crippen molar-refractivity contribution in [1.82, 2.24) is 19.7 Å². The topological polar surface area (TPSA) is 67.4 Å². The fourth-order valence-electron chi connectivity index (χ4n) is 3.17. The third-order valence-electron chi connectivity index (χ3n) is 4.97. The van der Waals surface area contributed by atoms with E-state index in [2.05, 4.69) is 39.3 Å². The fourth-order valence-corrected chi connectivity index (χ4v) is 3.17. The lowest BCUT2D eigenvalue weighted by Gasteiger charge is -2.08. The molecule has 2 aromatic heterocycles. The summed E-state index contributed by atoms with van der Waals surface area (Å²) < 4.78 is 1.86. The molecule has 0 spiro atoms. The molecule has 5 nitrogen and oxygen atoms in total. The van der Waals surface area contributed by atoms with Gasteiger partial charge in [-0.25, -0.2) is 14.6 Å². The van der Waals surface area contributed by atoms with E-state index in [1.165, 1.54) is 12.8 Å². The van der Waals surface area contributed by atoms with Crippen LogP contribution in [0.4, 0.5) is 0 Å². The van der Waals surface area contributed by atoms with Crippen molar-refractivity contribution in [3.05, 3.63) is 48.0 Å². The normalized spacial score (nSPS) is 18.7. The number of hydrogen-bond acceptors (Lipinski definition) is 4. The third-order valence-corrected chi connectivity index (χ3v) is 4.97. The molecule has 0 saturated heterocycles. The van der Waals surface area contributed by atoms with E-state index in [0.29, 0.717) is 5.92 Å². The van der Waals surface area contributed by atoms with Gasteiger partial charge in [-0.15, -0.1) is 0 Å². The Bertz CT molecular complexity index is 957. The second kappa shape index (κ2) is 4.39. The number of aromatic nitrogens is 4. The Morgan fingerprint density at radius 2 is 2.04 bits per heavy atom. The van der Waals surface area contributed by atoms with Gasteiger partial charge in [0, 0.05) is 23.1 Å². The lowest BCUT2D eigenvalue weighted by Crippen LogP contribution is -2.04. The average Bonchev–Trinajstić information content (AvgIpc) is 3.51. The number of hydrogen-bond donors (Lipinski definition) is 0. The minimum absolute atomic E-state index is 0.284. The molecule has 0 radical (unpaired) electrons. The molecule has 2 aliphatic carbocycles. The molecule has 5 rings (SSSR count). The molecular weight excluding hydrogens is 286 g/mol. The van der Waals surface area contributed by atoms with E-state index >= 15 is 0 Å². The lowest BCUT2D eigenvalue weighted by atomic mass is 9.97. The van der Waals surface area contributed by atoms with E-state index in [4.69, 9.17) is 0 Å². The smallest absolute Gasteiger partial charge is 0.157 e. The van der Waals surface area contributed by atoms with Crippen LogP contribution in [0, 0.1) is 11.3 Å². The highest BCUT2D eigenvalue weighted by Crippen LogP contribution is 2.48. The summed E-state index contributed by atoms with van der Waals surface area (Å²) in [5.41, 5.74) is 2.91. The summed E-state index contributed by atoms with van der Waals surface area (Å²) in [7, 11) is 0. The summed E-state index contributed by atoms with van der Waals surface area (Å²) in [6, 6.07) is 10.7. The fraction of sp³-hybridized carbons (Fsp3) is 0.333. The van der Waals surface area contributed by atoms with Crippen LogP contribution in [0.5, 0.6) is 0 Å². The first-order valence-electron chi connectivity index (χ1n) is 8.01. The molecule has 23 heavy (non-hydrogen) atoms. The van der Waals surface area contributed by atoms with Crippen LogP contribution in [0.2, 0.25) is 0 Å². The van der Waals surface area contributed by atoms with Crippen LogP contribution in [0.15, 0.2) is 36.8 Å². The Morgan fingerprint density at radius 1 is 1.17 bits per heavy atom. The summed E-state index contributed by atoms with van der Waals surface area (Å²) >= 11 is 0. The van der Waals surface area contributed by atoms with E-state index < -0.39 is 0 Å². The van der Waals surface area contributed by atoms with Crippen LogP contribution >= 0.6 is 0 Å². The van der Waals surface area contributed by atoms with Gasteiger partial charge in [-0.1, -0.05) is 12.1 Å². The maximum Gasteiger partial charge on any atom is 0.157 e. The Balaban J connectivity index is 1.65. The monoisotopic (exact) mass is 301 g/mol. The summed E-state index contributed by atoms with van der Waals surface area (Å²) in [5, 5.41) is 15.0. The van der Waals surface area contributed by atoms with E-state index in [1.807, 2.05) is 16.9 Å². The quantitative estimate of drug-likeness (QED) is 0.744. The van der Waals surface area contributed by atoms with Gasteiger partial charge < -0.3 is 0 Å². The molecule has 2 heterocycles. The maximum atomic E-state index is 9.43. The van der Waals surface area contributed by atoms with Crippen molar-refractivity contribution in [2.45, 2.75) is 37.0 Å². The molecule has 3 aromatic rings. The van der Waals surface area contributed by atoms with Gasteiger partial charge in [-0.2, -0.15) is 10.4 Å². The van der Waals surface area contributed by atoms with Gasteiger partial charge in [0.2, 0.25) is 0 Å². The number of benzene rings is 1. The molecule has 0 bridgehead atoms. The lowest BCUT2D eigenvalue weighted by molar-refractivity contribution is 0.847. The van der Waals surface area contributed by atoms with Gasteiger partial charge in [0.1, 0.15) is 6.33 Å². The summed E-state index contributed by atoms with van der Waals surface area (Å²) in [5.74, 6) is 1.39. The van der Waals surface area contributed by atoms with E-state index in [9.17, 15) is 5.26 Å². The van der Waals surface area contributed by atoms with Gasteiger partial charge in [-0.3, -0.25) is 0 Å². The second-order valence-corrected chi connectivity index (χ2v) is 6.60. The van der Waals surface area contributed by atoms with Gasteiger partial charge >= 0.3 is 0 Å². The third kappa shape index (κ3) is 1.95. The van der Waals surface area contributed by atoms with Crippen molar-refractivity contribution in [3.63, 3.8) is 0 Å². The van der Waals surface area contributed by atoms with Crippen molar-refractivity contribution in [2.75, 3.05) is 0 Å². The number of rotatable bonds is 3. The predicted octanol–water partition coefficient (Wildman–Crippen LogP) is 3.25. The van der Waals surface area contributed by atoms with Crippen molar-refractivity contribution >= 4 is 10.9 Å². The van der Waals surface area contributed by atoms with Crippen molar-refractivity contribution < 1.29 is 0 Å². The van der Waals surface area contributed by atoms with Crippen LogP contribution in [0.25, 0.3) is 16.7 Å². The van der Waals surface area contributed by atoms with Crippen LogP contribution in [-0.4, -0.2) is 19.7 Å². The van der Waals surface area contributed by atoms with Crippen LogP contribution < -0.4 is 0 Å². The summed E-state index contributed by atoms with van der Waals surface area (Å²) in [6.07, 6.45) is 7.79. The number of nitrogens with zero attached hydrogens (tertiary/aromatic N) is 5. The molecule has 2 saturated carbocycles. The minimum Gasteiger partial charge on any atom is -0.241 e. The molecule has 5 heteroatoms. The first-order chi connectivity index (χ1) is 11.3. The molecule has 0 unspecified atom stereocenters. The molecule has 112 valence electrons. The number of fused-ring (bicyclic) bond motifs is 1. The first-order valence-corrected chi connectivity index (χ1v) is 8.01. The Hall–Kier alpha value is -2.74. The largest absolute Gasteiger partial charge is 0.241 e. The molecule has 1 aromatic carbocycles. The molecular formula is C18H15N5. The van der Waals surface area contributed by atoms with E-state index in [-0.39, 0.29) is 5.41 Å². The molecule has 0 aliphatic heterocycles. The van der Waals surface area contributed by atoms with Crippen molar-refractivity contribution in [2.24, 2.45) is 0 Å². The van der Waals surface area contributed by atoms with Crippen molar-refractivity contribution in [1.29, 1.82) is 5.26 Å². The zero-order chi connectivity index (χ0) is 15.4. The second-order valence-electron chi connectivity index (χ2n) is 6.60.